The maximum Gasteiger partial charge on any atom is 0.271 e. The van der Waals surface area contributed by atoms with Gasteiger partial charge in [0.25, 0.3) is 5.91 Å². The number of rotatable bonds is 6. The monoisotopic (exact) mass is 370 g/mol. The number of carbonyl (C=O) groups excluding carboxylic acids is 1. The number of amides is 1. The van der Waals surface area contributed by atoms with Gasteiger partial charge < -0.3 is 14.9 Å². The van der Waals surface area contributed by atoms with Crippen molar-refractivity contribution in [2.24, 2.45) is 5.10 Å². The second-order valence-corrected chi connectivity index (χ2v) is 6.91. The highest BCUT2D eigenvalue weighted by Gasteiger charge is 2.18. The Hall–Kier alpha value is -3.02. The summed E-state index contributed by atoms with van der Waals surface area (Å²) in [5, 5.41) is 24.4. The molecule has 0 saturated heterocycles. The minimum atomic E-state index is -0.391. The summed E-state index contributed by atoms with van der Waals surface area (Å²) in [6.45, 7) is 7.85. The molecule has 2 aromatic rings. The zero-order valence-corrected chi connectivity index (χ0v) is 16.3. The number of hydrazone groups is 1. The molecule has 6 nitrogen and oxygen atoms in total. The van der Waals surface area contributed by atoms with Crippen molar-refractivity contribution in [3.63, 3.8) is 0 Å². The summed E-state index contributed by atoms with van der Waals surface area (Å²) in [7, 11) is 1.46. The third kappa shape index (κ3) is 4.58. The number of ether oxygens (including phenoxy) is 1. The van der Waals surface area contributed by atoms with Gasteiger partial charge in [0.2, 0.25) is 0 Å². The number of hydrogen-bond acceptors (Lipinski definition) is 5. The standard InChI is InChI=1S/C21H26N2O4/c1-12(2)16-9-15(10-17(13(3)4)20(16)25)21(26)23-22-11-14-7-6-8-18(27-5)19(14)24/h6-13,24-25H,1-5H3,(H,23,26). The summed E-state index contributed by atoms with van der Waals surface area (Å²) in [5.74, 6) is 0.275. The number of hydrogen-bond donors (Lipinski definition) is 3. The van der Waals surface area contributed by atoms with Crippen molar-refractivity contribution in [1.82, 2.24) is 5.43 Å². The van der Waals surface area contributed by atoms with E-state index in [2.05, 4.69) is 10.5 Å². The number of phenols is 2. The molecule has 0 aromatic heterocycles. The summed E-state index contributed by atoms with van der Waals surface area (Å²) in [6, 6.07) is 8.36. The van der Waals surface area contributed by atoms with Crippen LogP contribution in [0.4, 0.5) is 0 Å². The van der Waals surface area contributed by atoms with E-state index >= 15 is 0 Å². The minimum absolute atomic E-state index is 0.0492. The van der Waals surface area contributed by atoms with Crippen molar-refractivity contribution in [3.8, 4) is 17.2 Å². The van der Waals surface area contributed by atoms with Gasteiger partial charge in [-0.05, 0) is 47.2 Å². The number of aromatic hydroxyl groups is 2. The van der Waals surface area contributed by atoms with Crippen LogP contribution in [0, 0.1) is 0 Å². The highest BCUT2D eigenvalue weighted by molar-refractivity contribution is 5.96. The fraction of sp³-hybridized carbons (Fsp3) is 0.333. The van der Waals surface area contributed by atoms with Gasteiger partial charge in [0, 0.05) is 11.1 Å². The minimum Gasteiger partial charge on any atom is -0.507 e. The quantitative estimate of drug-likeness (QED) is 0.527. The van der Waals surface area contributed by atoms with Crippen LogP contribution in [0.2, 0.25) is 0 Å². The fourth-order valence-electron chi connectivity index (χ4n) is 2.72. The maximum absolute atomic E-state index is 12.5. The Morgan fingerprint density at radius 1 is 1.07 bits per heavy atom. The lowest BCUT2D eigenvalue weighted by molar-refractivity contribution is 0.0955. The highest BCUT2D eigenvalue weighted by Crippen LogP contribution is 2.34. The van der Waals surface area contributed by atoms with Crippen LogP contribution in [0.5, 0.6) is 17.2 Å². The summed E-state index contributed by atoms with van der Waals surface area (Å²) >= 11 is 0. The lowest BCUT2D eigenvalue weighted by Gasteiger charge is -2.17. The first-order valence-electron chi connectivity index (χ1n) is 8.82. The zero-order valence-electron chi connectivity index (χ0n) is 16.3. The van der Waals surface area contributed by atoms with Gasteiger partial charge in [-0.15, -0.1) is 0 Å². The van der Waals surface area contributed by atoms with Crippen molar-refractivity contribution < 1.29 is 19.7 Å². The number of carbonyl (C=O) groups is 1. The Kier molecular flexibility index (Phi) is 6.45. The van der Waals surface area contributed by atoms with Crippen LogP contribution in [-0.2, 0) is 0 Å². The van der Waals surface area contributed by atoms with Gasteiger partial charge in [-0.3, -0.25) is 4.79 Å². The SMILES string of the molecule is COc1cccc(C=NNC(=O)c2cc(C(C)C)c(O)c(C(C)C)c2)c1O. The molecule has 0 aliphatic rings. The molecule has 0 aliphatic heterocycles. The Balaban J connectivity index is 2.26. The molecule has 1 amide bonds. The number of benzene rings is 2. The molecule has 2 rings (SSSR count). The first kappa shape index (κ1) is 20.3. The van der Waals surface area contributed by atoms with Crippen LogP contribution in [-0.4, -0.2) is 29.4 Å². The van der Waals surface area contributed by atoms with Crippen LogP contribution in [0.1, 0.15) is 66.6 Å². The predicted molar refractivity (Wildman–Crippen MR) is 106 cm³/mol. The van der Waals surface area contributed by atoms with Crippen LogP contribution in [0.15, 0.2) is 35.4 Å². The normalized spacial score (nSPS) is 11.4. The van der Waals surface area contributed by atoms with Gasteiger partial charge in [-0.1, -0.05) is 33.8 Å². The Bertz CT molecular complexity index is 828. The van der Waals surface area contributed by atoms with Crippen molar-refractivity contribution in [2.75, 3.05) is 7.11 Å². The van der Waals surface area contributed by atoms with Crippen molar-refractivity contribution in [2.45, 2.75) is 39.5 Å². The summed E-state index contributed by atoms with van der Waals surface area (Å²) in [4.78, 5) is 12.5. The van der Waals surface area contributed by atoms with E-state index in [-0.39, 0.29) is 23.3 Å². The van der Waals surface area contributed by atoms with E-state index in [1.807, 2.05) is 27.7 Å². The predicted octanol–water partition coefficient (Wildman–Crippen LogP) is 4.12. The number of para-hydroxylation sites is 1. The van der Waals surface area contributed by atoms with Gasteiger partial charge in [-0.2, -0.15) is 5.10 Å². The van der Waals surface area contributed by atoms with E-state index in [0.717, 1.165) is 11.1 Å². The Labute approximate surface area is 159 Å². The molecule has 0 fully saturated rings. The van der Waals surface area contributed by atoms with Crippen LogP contribution in [0.25, 0.3) is 0 Å². The third-order valence-corrected chi connectivity index (χ3v) is 4.29. The van der Waals surface area contributed by atoms with Crippen LogP contribution < -0.4 is 10.2 Å². The highest BCUT2D eigenvalue weighted by atomic mass is 16.5. The van der Waals surface area contributed by atoms with E-state index in [1.54, 1.807) is 30.3 Å². The molecular formula is C21H26N2O4. The molecule has 0 aliphatic carbocycles. The molecule has 0 radical (unpaired) electrons. The Morgan fingerprint density at radius 2 is 1.67 bits per heavy atom. The van der Waals surface area contributed by atoms with Gasteiger partial charge in [0.1, 0.15) is 5.75 Å². The molecule has 0 saturated carbocycles. The first-order valence-corrected chi connectivity index (χ1v) is 8.82. The molecule has 0 unspecified atom stereocenters. The molecule has 27 heavy (non-hydrogen) atoms. The lowest BCUT2D eigenvalue weighted by Crippen LogP contribution is -2.18. The molecule has 0 atom stereocenters. The van der Waals surface area contributed by atoms with E-state index < -0.39 is 5.91 Å². The smallest absolute Gasteiger partial charge is 0.271 e. The van der Waals surface area contributed by atoms with E-state index in [0.29, 0.717) is 16.9 Å². The third-order valence-electron chi connectivity index (χ3n) is 4.29. The van der Waals surface area contributed by atoms with Crippen LogP contribution in [0.3, 0.4) is 0 Å². The molecule has 3 N–H and O–H groups in total. The largest absolute Gasteiger partial charge is 0.507 e. The Morgan fingerprint density at radius 3 is 2.19 bits per heavy atom. The maximum atomic E-state index is 12.5. The molecular weight excluding hydrogens is 344 g/mol. The molecule has 0 spiro atoms. The summed E-state index contributed by atoms with van der Waals surface area (Å²) in [6.07, 6.45) is 1.35. The number of nitrogens with one attached hydrogen (secondary N) is 1. The van der Waals surface area contributed by atoms with Crippen LogP contribution >= 0.6 is 0 Å². The number of nitrogens with zero attached hydrogens (tertiary/aromatic N) is 1. The average Bonchev–Trinajstić information content (AvgIpc) is 2.62. The van der Waals surface area contributed by atoms with E-state index in [4.69, 9.17) is 4.74 Å². The van der Waals surface area contributed by atoms with Gasteiger partial charge in [0.05, 0.1) is 13.3 Å². The molecule has 0 bridgehead atoms. The lowest BCUT2D eigenvalue weighted by atomic mass is 9.91. The van der Waals surface area contributed by atoms with Crippen molar-refractivity contribution in [1.29, 1.82) is 0 Å². The number of phenolic OH excluding ortho intramolecular Hbond substituents is 2. The second kappa shape index (κ2) is 8.58. The van der Waals surface area contributed by atoms with E-state index in [9.17, 15) is 15.0 Å². The molecule has 2 aromatic carbocycles. The zero-order chi connectivity index (χ0) is 20.1. The average molecular weight is 370 g/mol. The topological polar surface area (TPSA) is 91.2 Å². The van der Waals surface area contributed by atoms with Crippen molar-refractivity contribution >= 4 is 12.1 Å². The first-order chi connectivity index (χ1) is 12.8. The summed E-state index contributed by atoms with van der Waals surface area (Å²) in [5.41, 5.74) is 4.75. The van der Waals surface area contributed by atoms with Gasteiger partial charge in [0.15, 0.2) is 11.5 Å². The fourth-order valence-corrected chi connectivity index (χ4v) is 2.72. The molecule has 144 valence electrons. The van der Waals surface area contributed by atoms with Gasteiger partial charge in [-0.25, -0.2) is 5.43 Å². The van der Waals surface area contributed by atoms with Crippen molar-refractivity contribution in [3.05, 3.63) is 52.6 Å². The summed E-state index contributed by atoms with van der Waals surface area (Å²) < 4.78 is 5.04. The molecule has 0 heterocycles. The second-order valence-electron chi connectivity index (χ2n) is 6.91. The van der Waals surface area contributed by atoms with Gasteiger partial charge >= 0.3 is 0 Å². The number of methoxy groups -OCH3 is 1. The van der Waals surface area contributed by atoms with E-state index in [1.165, 1.54) is 13.3 Å². The molecule has 6 heteroatoms.